The summed E-state index contributed by atoms with van der Waals surface area (Å²) < 4.78 is 5.06. The number of ether oxygens (including phenoxy) is 1. The average molecular weight is 291 g/mol. The van der Waals surface area contributed by atoms with Crippen LogP contribution < -0.4 is 0 Å². The lowest BCUT2D eigenvalue weighted by Crippen LogP contribution is -2.01. The number of hydrogen-bond donors (Lipinski definition) is 1. The Balaban J connectivity index is 2.15. The number of halogens is 1. The molecule has 0 spiro atoms. The minimum absolute atomic E-state index is 0.623. The van der Waals surface area contributed by atoms with Crippen molar-refractivity contribution in [2.75, 3.05) is 13.7 Å². The molecule has 1 atom stereocenters. The summed E-state index contributed by atoms with van der Waals surface area (Å²) in [6.07, 6.45) is 0.259. The molecule has 20 heavy (non-hydrogen) atoms. The van der Waals surface area contributed by atoms with Gasteiger partial charge in [0.2, 0.25) is 0 Å². The normalized spacial score (nSPS) is 12.4. The van der Waals surface area contributed by atoms with Crippen molar-refractivity contribution in [3.05, 3.63) is 69.7 Å². The van der Waals surface area contributed by atoms with E-state index in [9.17, 15) is 5.11 Å². The van der Waals surface area contributed by atoms with E-state index in [1.807, 2.05) is 49.4 Å². The molecular formula is C17H19ClO2. The molecule has 106 valence electrons. The van der Waals surface area contributed by atoms with E-state index in [0.29, 0.717) is 6.61 Å². The van der Waals surface area contributed by atoms with E-state index < -0.39 is 6.10 Å². The molecule has 0 heterocycles. The van der Waals surface area contributed by atoms with Crippen LogP contribution in [-0.2, 0) is 11.2 Å². The molecule has 2 aromatic carbocycles. The Hall–Kier alpha value is -1.35. The standard InChI is InChI=1S/C17H19ClO2/c1-12-11-15(7-8-16(12)18)17(19)14-5-3-13(4-6-14)9-10-20-2/h3-8,11,17,19H,9-10H2,1-2H3. The van der Waals surface area contributed by atoms with Gasteiger partial charge in [0.05, 0.1) is 6.61 Å². The second kappa shape index (κ2) is 6.89. The molecule has 2 nitrogen and oxygen atoms in total. The SMILES string of the molecule is COCCc1ccc(C(O)c2ccc(Cl)c(C)c2)cc1. The summed E-state index contributed by atoms with van der Waals surface area (Å²) in [6.45, 7) is 2.64. The summed E-state index contributed by atoms with van der Waals surface area (Å²) in [5, 5.41) is 11.1. The third kappa shape index (κ3) is 3.60. The lowest BCUT2D eigenvalue weighted by molar-refractivity contribution is 0.202. The first-order valence-corrected chi connectivity index (χ1v) is 7.01. The van der Waals surface area contributed by atoms with Gasteiger partial charge in [-0.25, -0.2) is 0 Å². The number of aryl methyl sites for hydroxylation is 1. The average Bonchev–Trinajstić information content (AvgIpc) is 2.48. The van der Waals surface area contributed by atoms with E-state index in [4.69, 9.17) is 16.3 Å². The summed E-state index contributed by atoms with van der Waals surface area (Å²) in [5.74, 6) is 0. The van der Waals surface area contributed by atoms with E-state index in [2.05, 4.69) is 0 Å². The number of aliphatic hydroxyl groups excluding tert-OH is 1. The Kier molecular flexibility index (Phi) is 5.18. The molecule has 1 N–H and O–H groups in total. The zero-order chi connectivity index (χ0) is 14.5. The van der Waals surface area contributed by atoms with E-state index in [1.165, 1.54) is 5.56 Å². The van der Waals surface area contributed by atoms with Crippen LogP contribution in [0.1, 0.15) is 28.4 Å². The highest BCUT2D eigenvalue weighted by Crippen LogP contribution is 2.25. The summed E-state index contributed by atoms with van der Waals surface area (Å²) in [4.78, 5) is 0. The van der Waals surface area contributed by atoms with E-state index >= 15 is 0 Å². The first-order chi connectivity index (χ1) is 9.61. The summed E-state index contributed by atoms with van der Waals surface area (Å²) in [6, 6.07) is 13.6. The zero-order valence-corrected chi connectivity index (χ0v) is 12.5. The second-order valence-electron chi connectivity index (χ2n) is 4.90. The van der Waals surface area contributed by atoms with Crippen LogP contribution in [0.5, 0.6) is 0 Å². The van der Waals surface area contributed by atoms with Gasteiger partial charge in [0.25, 0.3) is 0 Å². The van der Waals surface area contributed by atoms with Gasteiger partial charge in [-0.2, -0.15) is 0 Å². The van der Waals surface area contributed by atoms with Crippen molar-refractivity contribution in [1.29, 1.82) is 0 Å². The molecule has 0 bridgehead atoms. The van der Waals surface area contributed by atoms with E-state index in [0.717, 1.165) is 28.1 Å². The molecule has 2 aromatic rings. The van der Waals surface area contributed by atoms with Crippen LogP contribution in [0.4, 0.5) is 0 Å². The van der Waals surface area contributed by atoms with Crippen molar-refractivity contribution in [2.45, 2.75) is 19.4 Å². The van der Waals surface area contributed by atoms with E-state index in [-0.39, 0.29) is 0 Å². The van der Waals surface area contributed by atoms with Gasteiger partial charge in [-0.1, -0.05) is 48.0 Å². The number of methoxy groups -OCH3 is 1. The maximum absolute atomic E-state index is 10.4. The highest BCUT2D eigenvalue weighted by molar-refractivity contribution is 6.31. The van der Waals surface area contributed by atoms with Crippen molar-refractivity contribution in [2.24, 2.45) is 0 Å². The fraction of sp³-hybridized carbons (Fsp3) is 0.294. The van der Waals surface area contributed by atoms with Crippen LogP contribution in [0.2, 0.25) is 5.02 Å². The molecule has 0 amide bonds. The summed E-state index contributed by atoms with van der Waals surface area (Å²) in [7, 11) is 1.70. The Morgan fingerprint density at radius 2 is 1.75 bits per heavy atom. The monoisotopic (exact) mass is 290 g/mol. The summed E-state index contributed by atoms with van der Waals surface area (Å²) >= 11 is 6.01. The Morgan fingerprint density at radius 1 is 1.10 bits per heavy atom. The minimum atomic E-state index is -0.623. The fourth-order valence-corrected chi connectivity index (χ4v) is 2.23. The van der Waals surface area contributed by atoms with Crippen LogP contribution in [0.3, 0.4) is 0 Å². The van der Waals surface area contributed by atoms with Crippen LogP contribution in [0, 0.1) is 6.92 Å². The molecule has 0 saturated carbocycles. The highest BCUT2D eigenvalue weighted by atomic mass is 35.5. The number of hydrogen-bond acceptors (Lipinski definition) is 2. The molecule has 2 rings (SSSR count). The third-order valence-corrected chi connectivity index (χ3v) is 3.81. The molecule has 0 aromatic heterocycles. The molecule has 0 fully saturated rings. The molecule has 0 saturated heterocycles. The fourth-order valence-electron chi connectivity index (χ4n) is 2.12. The molecule has 1 unspecified atom stereocenters. The van der Waals surface area contributed by atoms with Gasteiger partial charge in [-0.05, 0) is 41.7 Å². The Morgan fingerprint density at radius 3 is 2.35 bits per heavy atom. The van der Waals surface area contributed by atoms with Crippen LogP contribution in [-0.4, -0.2) is 18.8 Å². The van der Waals surface area contributed by atoms with E-state index in [1.54, 1.807) is 7.11 Å². The minimum Gasteiger partial charge on any atom is -0.384 e. The lowest BCUT2D eigenvalue weighted by atomic mass is 9.98. The molecule has 0 aliphatic rings. The first-order valence-electron chi connectivity index (χ1n) is 6.63. The highest BCUT2D eigenvalue weighted by Gasteiger charge is 2.11. The van der Waals surface area contributed by atoms with Crippen LogP contribution >= 0.6 is 11.6 Å². The van der Waals surface area contributed by atoms with Crippen LogP contribution in [0.15, 0.2) is 42.5 Å². The number of rotatable bonds is 5. The quantitative estimate of drug-likeness (QED) is 0.904. The largest absolute Gasteiger partial charge is 0.384 e. The van der Waals surface area contributed by atoms with Gasteiger partial charge in [0, 0.05) is 12.1 Å². The second-order valence-corrected chi connectivity index (χ2v) is 5.30. The first kappa shape index (κ1) is 15.0. The maximum atomic E-state index is 10.4. The van der Waals surface area contributed by atoms with Crippen molar-refractivity contribution >= 4 is 11.6 Å². The molecule has 0 aliphatic carbocycles. The van der Waals surface area contributed by atoms with Gasteiger partial charge in [-0.15, -0.1) is 0 Å². The number of benzene rings is 2. The van der Waals surface area contributed by atoms with Gasteiger partial charge in [-0.3, -0.25) is 0 Å². The Labute approximate surface area is 125 Å². The smallest absolute Gasteiger partial charge is 0.104 e. The third-order valence-electron chi connectivity index (χ3n) is 3.39. The molecule has 3 heteroatoms. The molecular weight excluding hydrogens is 272 g/mol. The van der Waals surface area contributed by atoms with Crippen molar-refractivity contribution < 1.29 is 9.84 Å². The predicted molar refractivity (Wildman–Crippen MR) is 82.3 cm³/mol. The lowest BCUT2D eigenvalue weighted by Gasteiger charge is -2.13. The van der Waals surface area contributed by atoms with Gasteiger partial charge >= 0.3 is 0 Å². The van der Waals surface area contributed by atoms with Gasteiger partial charge in [0.1, 0.15) is 6.10 Å². The van der Waals surface area contributed by atoms with Crippen molar-refractivity contribution in [3.8, 4) is 0 Å². The van der Waals surface area contributed by atoms with Crippen molar-refractivity contribution in [3.63, 3.8) is 0 Å². The Bertz CT molecular complexity index is 564. The van der Waals surface area contributed by atoms with Crippen molar-refractivity contribution in [1.82, 2.24) is 0 Å². The molecule has 0 aliphatic heterocycles. The zero-order valence-electron chi connectivity index (χ0n) is 11.8. The topological polar surface area (TPSA) is 29.5 Å². The number of aliphatic hydroxyl groups is 1. The predicted octanol–water partition coefficient (Wildman–Crippen LogP) is 3.92. The molecule has 0 radical (unpaired) electrons. The van der Waals surface area contributed by atoms with Gasteiger partial charge in [0.15, 0.2) is 0 Å². The van der Waals surface area contributed by atoms with Gasteiger partial charge < -0.3 is 9.84 Å². The maximum Gasteiger partial charge on any atom is 0.104 e. The van der Waals surface area contributed by atoms with Crippen LogP contribution in [0.25, 0.3) is 0 Å². The summed E-state index contributed by atoms with van der Waals surface area (Å²) in [5.41, 5.74) is 3.92.